The molecule has 1 saturated carbocycles. The molecule has 0 saturated heterocycles. The highest BCUT2D eigenvalue weighted by Crippen LogP contribution is 2.48. The van der Waals surface area contributed by atoms with Crippen LogP contribution in [0, 0.1) is 17.8 Å². The van der Waals surface area contributed by atoms with Gasteiger partial charge in [0.25, 0.3) is 0 Å². The van der Waals surface area contributed by atoms with Crippen molar-refractivity contribution in [2.45, 2.75) is 76.9 Å². The number of carbonyl (C=O) groups is 2. The van der Waals surface area contributed by atoms with Crippen LogP contribution in [0.25, 0.3) is 0 Å². The summed E-state index contributed by atoms with van der Waals surface area (Å²) < 4.78 is 10.4. The minimum Gasteiger partial charge on any atom is -0.485 e. The first-order valence-electron chi connectivity index (χ1n) is 12.8. The number of fused-ring (bicyclic) bond motifs is 2. The average Bonchev–Trinajstić information content (AvgIpc) is 3.13. The van der Waals surface area contributed by atoms with Crippen molar-refractivity contribution in [2.24, 2.45) is 17.8 Å². The molecule has 190 valence electrons. The molecule has 34 heavy (non-hydrogen) atoms. The molecule has 3 rings (SSSR count). The summed E-state index contributed by atoms with van der Waals surface area (Å²) in [6.07, 6.45) is 7.80. The van der Waals surface area contributed by atoms with Crippen molar-refractivity contribution in [2.75, 3.05) is 26.8 Å². The number of methoxy groups -OCH3 is 1. The summed E-state index contributed by atoms with van der Waals surface area (Å²) in [6, 6.07) is 6.00. The molecule has 5 atom stereocenters. The lowest BCUT2D eigenvalue weighted by molar-refractivity contribution is -0.139. The number of esters is 1. The van der Waals surface area contributed by atoms with Gasteiger partial charge in [-0.2, -0.15) is 0 Å². The normalized spacial score (nSPS) is 24.2. The van der Waals surface area contributed by atoms with Gasteiger partial charge in [-0.25, -0.2) is 0 Å². The third-order valence-corrected chi connectivity index (χ3v) is 7.53. The highest BCUT2D eigenvalue weighted by molar-refractivity contribution is 5.82. The van der Waals surface area contributed by atoms with Gasteiger partial charge in [-0.15, -0.1) is 0 Å². The van der Waals surface area contributed by atoms with Gasteiger partial charge in [0.2, 0.25) is 0 Å². The summed E-state index contributed by atoms with van der Waals surface area (Å²) in [7, 11) is 1.31. The molecule has 2 aliphatic rings. The number of rotatable bonds is 14. The van der Waals surface area contributed by atoms with Crippen molar-refractivity contribution >= 4 is 11.8 Å². The van der Waals surface area contributed by atoms with E-state index in [0.717, 1.165) is 69.1 Å². The third-order valence-electron chi connectivity index (χ3n) is 7.53. The van der Waals surface area contributed by atoms with E-state index >= 15 is 0 Å². The molecule has 0 radical (unpaired) electrons. The van der Waals surface area contributed by atoms with Gasteiger partial charge in [0.1, 0.15) is 12.4 Å². The molecule has 7 nitrogen and oxygen atoms in total. The molecule has 1 fully saturated rings. The van der Waals surface area contributed by atoms with Gasteiger partial charge >= 0.3 is 5.97 Å². The fraction of sp³-hybridized carbons (Fsp3) is 0.704. The van der Waals surface area contributed by atoms with E-state index in [1.807, 2.05) is 12.1 Å². The highest BCUT2D eigenvalue weighted by atomic mass is 16.5. The lowest BCUT2D eigenvalue weighted by atomic mass is 9.73. The van der Waals surface area contributed by atoms with Crippen LogP contribution >= 0.6 is 0 Å². The zero-order chi connectivity index (χ0) is 24.5. The lowest BCUT2D eigenvalue weighted by Gasteiger charge is -2.32. The molecule has 2 aliphatic carbocycles. The SMILES string of the molecule is CCCCCC(O)CCC1C(O)CC2Cc3c(cccc3OCC(=O)CNCC(=O)OC)CC21. The van der Waals surface area contributed by atoms with Crippen molar-refractivity contribution in [3.05, 3.63) is 29.3 Å². The molecule has 0 heterocycles. The Bertz CT molecular complexity index is 812. The minimum atomic E-state index is -0.413. The molecule has 0 spiro atoms. The quantitative estimate of drug-likeness (QED) is 0.281. The Morgan fingerprint density at radius 3 is 2.76 bits per heavy atom. The first kappa shape index (κ1) is 26.6. The van der Waals surface area contributed by atoms with E-state index in [1.54, 1.807) is 0 Å². The predicted octanol–water partition coefficient (Wildman–Crippen LogP) is 2.83. The molecule has 7 heteroatoms. The molecule has 1 aromatic carbocycles. The van der Waals surface area contributed by atoms with Crippen molar-refractivity contribution < 1.29 is 29.3 Å². The maximum Gasteiger partial charge on any atom is 0.319 e. The molecular formula is C27H41NO6. The van der Waals surface area contributed by atoms with Crippen LogP contribution in [0.3, 0.4) is 0 Å². The number of benzene rings is 1. The summed E-state index contributed by atoms with van der Waals surface area (Å²) in [5.41, 5.74) is 2.38. The maximum absolute atomic E-state index is 12.1. The number of Topliss-reactive ketones (excluding diaryl/α,β-unsaturated/α-hetero) is 1. The van der Waals surface area contributed by atoms with Crippen molar-refractivity contribution in [1.29, 1.82) is 0 Å². The van der Waals surface area contributed by atoms with Crippen LogP contribution in [0.2, 0.25) is 0 Å². The molecule has 0 aliphatic heterocycles. The van der Waals surface area contributed by atoms with Crippen LogP contribution in [0.15, 0.2) is 18.2 Å². The second-order valence-electron chi connectivity index (χ2n) is 9.93. The Morgan fingerprint density at radius 2 is 2.00 bits per heavy atom. The third kappa shape index (κ3) is 7.27. The second kappa shape index (κ2) is 13.2. The predicted molar refractivity (Wildman–Crippen MR) is 130 cm³/mol. The Balaban J connectivity index is 1.54. The monoisotopic (exact) mass is 475 g/mol. The number of hydrogen-bond donors (Lipinski definition) is 3. The van der Waals surface area contributed by atoms with Gasteiger partial charge in [0.15, 0.2) is 5.78 Å². The van der Waals surface area contributed by atoms with Crippen LogP contribution in [-0.4, -0.2) is 61.0 Å². The number of ketones is 1. The number of hydrogen-bond acceptors (Lipinski definition) is 7. The van der Waals surface area contributed by atoms with Crippen molar-refractivity contribution in [3.8, 4) is 5.75 Å². The van der Waals surface area contributed by atoms with Crippen LogP contribution in [0.1, 0.15) is 63.0 Å². The Morgan fingerprint density at radius 1 is 1.18 bits per heavy atom. The van der Waals surface area contributed by atoms with E-state index in [2.05, 4.69) is 23.0 Å². The Hall–Kier alpha value is -1.96. The van der Waals surface area contributed by atoms with Gasteiger partial charge < -0.3 is 19.7 Å². The van der Waals surface area contributed by atoms with E-state index in [0.29, 0.717) is 11.8 Å². The van der Waals surface area contributed by atoms with E-state index < -0.39 is 5.97 Å². The molecular weight excluding hydrogens is 434 g/mol. The van der Waals surface area contributed by atoms with Crippen molar-refractivity contribution in [3.63, 3.8) is 0 Å². The van der Waals surface area contributed by atoms with Crippen LogP contribution in [-0.2, 0) is 27.2 Å². The molecule has 0 amide bonds. The topological polar surface area (TPSA) is 105 Å². The average molecular weight is 476 g/mol. The van der Waals surface area contributed by atoms with E-state index in [4.69, 9.17) is 4.74 Å². The van der Waals surface area contributed by atoms with E-state index in [-0.39, 0.29) is 43.6 Å². The first-order valence-corrected chi connectivity index (χ1v) is 12.8. The summed E-state index contributed by atoms with van der Waals surface area (Å²) in [5.74, 6) is 1.23. The zero-order valence-corrected chi connectivity index (χ0v) is 20.6. The number of ether oxygens (including phenoxy) is 2. The number of aliphatic hydroxyl groups is 2. The molecule has 0 aromatic heterocycles. The molecule has 5 unspecified atom stereocenters. The van der Waals surface area contributed by atoms with Crippen LogP contribution < -0.4 is 10.1 Å². The summed E-state index contributed by atoms with van der Waals surface area (Å²) in [4.78, 5) is 23.3. The standard InChI is InChI=1S/C27H41NO6/c1-3-4-5-8-20(29)10-11-22-23-12-18-7-6-9-26(24(18)13-19(23)14-25(22)31)34-17-21(30)15-28-16-27(32)33-2/h6-7,9,19-20,22-23,25,28-29,31H,3-5,8,10-17H2,1-2H3. The first-order chi connectivity index (χ1) is 16.4. The summed E-state index contributed by atoms with van der Waals surface area (Å²) in [6.45, 7) is 2.15. The maximum atomic E-state index is 12.1. The molecule has 1 aromatic rings. The Labute approximate surface area is 203 Å². The van der Waals surface area contributed by atoms with Crippen molar-refractivity contribution in [1.82, 2.24) is 5.32 Å². The largest absolute Gasteiger partial charge is 0.485 e. The van der Waals surface area contributed by atoms with E-state index in [9.17, 15) is 19.8 Å². The Kier molecular flexibility index (Phi) is 10.4. The number of nitrogens with one attached hydrogen (secondary N) is 1. The fourth-order valence-electron chi connectivity index (χ4n) is 5.68. The van der Waals surface area contributed by atoms with Gasteiger partial charge in [-0.05, 0) is 73.5 Å². The van der Waals surface area contributed by atoms with E-state index in [1.165, 1.54) is 12.7 Å². The fourth-order valence-corrected chi connectivity index (χ4v) is 5.68. The van der Waals surface area contributed by atoms with Gasteiger partial charge in [-0.3, -0.25) is 14.9 Å². The molecule has 3 N–H and O–H groups in total. The number of unbranched alkanes of at least 4 members (excludes halogenated alkanes) is 2. The van der Waals surface area contributed by atoms with Gasteiger partial charge in [-0.1, -0.05) is 38.3 Å². The van der Waals surface area contributed by atoms with Crippen LogP contribution in [0.4, 0.5) is 0 Å². The lowest BCUT2D eigenvalue weighted by Crippen LogP contribution is -2.32. The minimum absolute atomic E-state index is 0.00863. The summed E-state index contributed by atoms with van der Waals surface area (Å²) >= 11 is 0. The highest BCUT2D eigenvalue weighted by Gasteiger charge is 2.44. The molecule has 0 bridgehead atoms. The number of carbonyl (C=O) groups excluding carboxylic acids is 2. The second-order valence-corrected chi connectivity index (χ2v) is 9.93. The summed E-state index contributed by atoms with van der Waals surface area (Å²) in [5, 5.41) is 23.9. The van der Waals surface area contributed by atoms with Crippen LogP contribution in [0.5, 0.6) is 5.75 Å². The number of aliphatic hydroxyl groups excluding tert-OH is 2. The van der Waals surface area contributed by atoms with Gasteiger partial charge in [0, 0.05) is 0 Å². The van der Waals surface area contributed by atoms with Gasteiger partial charge in [0.05, 0.1) is 32.4 Å². The smallest absolute Gasteiger partial charge is 0.319 e. The zero-order valence-electron chi connectivity index (χ0n) is 20.6.